The Morgan fingerprint density at radius 2 is 1.75 bits per heavy atom. The van der Waals surface area contributed by atoms with Gasteiger partial charge in [-0.25, -0.2) is 0 Å². The number of aryl methyl sites for hydroxylation is 1. The zero-order valence-electron chi connectivity index (χ0n) is 13.7. The van der Waals surface area contributed by atoms with Crippen LogP contribution in [0.2, 0.25) is 0 Å². The van der Waals surface area contributed by atoms with Gasteiger partial charge in [-0.2, -0.15) is 0 Å². The van der Waals surface area contributed by atoms with Crippen molar-refractivity contribution in [1.82, 2.24) is 4.90 Å². The van der Waals surface area contributed by atoms with Crippen LogP contribution in [0, 0.1) is 0 Å². The van der Waals surface area contributed by atoms with Crippen LogP contribution in [-0.4, -0.2) is 28.4 Å². The first-order chi connectivity index (χ1) is 11.6. The van der Waals surface area contributed by atoms with E-state index in [1.165, 1.54) is 0 Å². The zero-order valence-corrected chi connectivity index (χ0v) is 13.7. The highest BCUT2D eigenvalue weighted by Gasteiger charge is 2.32. The maximum atomic E-state index is 12.7. The van der Waals surface area contributed by atoms with E-state index < -0.39 is 11.9 Å². The number of carboxylic acids is 1. The molecule has 2 aromatic rings. The number of carbonyl (C=O) groups is 2. The molecule has 1 heterocycles. The molecule has 124 valence electrons. The normalized spacial score (nSPS) is 16.5. The number of aliphatic carboxylic acids is 1. The molecule has 0 spiro atoms. The lowest BCUT2D eigenvalue weighted by Gasteiger charge is -2.33. The summed E-state index contributed by atoms with van der Waals surface area (Å²) in [5, 5.41) is 9.52. The number of hydrogen-bond donors (Lipinski definition) is 1. The Kier molecular flexibility index (Phi) is 4.65. The zero-order chi connectivity index (χ0) is 17.1. The minimum Gasteiger partial charge on any atom is -0.481 e. The fraction of sp³-hybridized carbons (Fsp3) is 0.300. The number of carbonyl (C=O) groups excluding carboxylic acids is 1. The Labute approximate surface area is 141 Å². The van der Waals surface area contributed by atoms with E-state index >= 15 is 0 Å². The van der Waals surface area contributed by atoms with Crippen molar-refractivity contribution in [2.24, 2.45) is 0 Å². The van der Waals surface area contributed by atoms with Crippen LogP contribution in [0.15, 0.2) is 48.5 Å². The van der Waals surface area contributed by atoms with Crippen molar-refractivity contribution >= 4 is 11.9 Å². The van der Waals surface area contributed by atoms with Crippen molar-refractivity contribution < 1.29 is 14.7 Å². The molecule has 1 atom stereocenters. The van der Waals surface area contributed by atoms with Gasteiger partial charge in [0.2, 0.25) is 5.91 Å². The molecule has 0 radical (unpaired) electrons. The first kappa shape index (κ1) is 16.2. The summed E-state index contributed by atoms with van der Waals surface area (Å²) < 4.78 is 0. The van der Waals surface area contributed by atoms with E-state index in [1.807, 2.05) is 48.5 Å². The van der Waals surface area contributed by atoms with Crippen molar-refractivity contribution in [3.8, 4) is 0 Å². The molecule has 4 heteroatoms. The highest BCUT2D eigenvalue weighted by Crippen LogP contribution is 2.29. The molecule has 2 aromatic carbocycles. The second-order valence-electron chi connectivity index (χ2n) is 6.16. The summed E-state index contributed by atoms with van der Waals surface area (Å²) in [4.78, 5) is 26.0. The summed E-state index contributed by atoms with van der Waals surface area (Å²) in [6.07, 6.45) is 1.20. The summed E-state index contributed by atoms with van der Waals surface area (Å²) in [6, 6.07) is 15.4. The van der Waals surface area contributed by atoms with Crippen molar-refractivity contribution in [3.05, 3.63) is 70.8 Å². The summed E-state index contributed by atoms with van der Waals surface area (Å²) in [7, 11) is 0. The molecule has 0 fully saturated rings. The third kappa shape index (κ3) is 3.18. The van der Waals surface area contributed by atoms with Gasteiger partial charge in [0.05, 0.1) is 12.3 Å². The fourth-order valence-electron chi connectivity index (χ4n) is 3.36. The van der Waals surface area contributed by atoms with E-state index in [1.54, 1.807) is 4.90 Å². The molecule has 1 aliphatic heterocycles. The minimum atomic E-state index is -0.881. The molecule has 0 aliphatic carbocycles. The van der Waals surface area contributed by atoms with Crippen molar-refractivity contribution in [2.45, 2.75) is 32.2 Å². The largest absolute Gasteiger partial charge is 0.481 e. The third-order valence-corrected chi connectivity index (χ3v) is 4.69. The van der Waals surface area contributed by atoms with Gasteiger partial charge in [-0.3, -0.25) is 9.59 Å². The molecular formula is C20H21NO3. The molecule has 1 amide bonds. The van der Waals surface area contributed by atoms with Gasteiger partial charge >= 0.3 is 5.97 Å². The first-order valence-electron chi connectivity index (χ1n) is 8.25. The number of fused-ring (bicyclic) bond motifs is 1. The monoisotopic (exact) mass is 323 g/mol. The molecule has 0 bridgehead atoms. The maximum Gasteiger partial charge on any atom is 0.312 e. The van der Waals surface area contributed by atoms with Crippen LogP contribution >= 0.6 is 0 Å². The SMILES string of the molecule is CCc1ccccc1CC(=O)N1Cc2ccccc2C(C(=O)O)C1. The molecular weight excluding hydrogens is 302 g/mol. The molecule has 1 aliphatic rings. The van der Waals surface area contributed by atoms with Gasteiger partial charge in [0.25, 0.3) is 0 Å². The molecule has 0 aromatic heterocycles. The van der Waals surface area contributed by atoms with E-state index in [9.17, 15) is 14.7 Å². The van der Waals surface area contributed by atoms with Gasteiger partial charge < -0.3 is 10.0 Å². The van der Waals surface area contributed by atoms with Crippen LogP contribution in [0.25, 0.3) is 0 Å². The summed E-state index contributed by atoms with van der Waals surface area (Å²) in [5.74, 6) is -1.55. The number of rotatable bonds is 4. The Bertz CT molecular complexity index is 769. The smallest absolute Gasteiger partial charge is 0.312 e. The Morgan fingerprint density at radius 1 is 1.08 bits per heavy atom. The van der Waals surface area contributed by atoms with E-state index in [0.717, 1.165) is 28.7 Å². The van der Waals surface area contributed by atoms with Gasteiger partial charge in [-0.05, 0) is 28.7 Å². The summed E-state index contributed by atoms with van der Waals surface area (Å²) in [6.45, 7) is 2.79. The topological polar surface area (TPSA) is 57.6 Å². The lowest BCUT2D eigenvalue weighted by Crippen LogP contribution is -2.41. The Morgan fingerprint density at radius 3 is 2.46 bits per heavy atom. The van der Waals surface area contributed by atoms with E-state index in [-0.39, 0.29) is 12.5 Å². The van der Waals surface area contributed by atoms with Gasteiger partial charge in [0, 0.05) is 13.1 Å². The second-order valence-corrected chi connectivity index (χ2v) is 6.16. The van der Waals surface area contributed by atoms with Crippen molar-refractivity contribution in [1.29, 1.82) is 0 Å². The van der Waals surface area contributed by atoms with Crippen LogP contribution in [0.4, 0.5) is 0 Å². The van der Waals surface area contributed by atoms with Crippen LogP contribution in [0.3, 0.4) is 0 Å². The van der Waals surface area contributed by atoms with Crippen LogP contribution in [-0.2, 0) is 29.0 Å². The van der Waals surface area contributed by atoms with Gasteiger partial charge in [0.1, 0.15) is 0 Å². The Hall–Kier alpha value is -2.62. The highest BCUT2D eigenvalue weighted by molar-refractivity contribution is 5.83. The van der Waals surface area contributed by atoms with Crippen molar-refractivity contribution in [2.75, 3.05) is 6.54 Å². The second kappa shape index (κ2) is 6.87. The standard InChI is InChI=1S/C20H21NO3/c1-2-14-7-3-4-8-15(14)11-19(22)21-12-16-9-5-6-10-17(16)18(13-21)20(23)24/h3-10,18H,2,11-13H2,1H3,(H,23,24). The van der Waals surface area contributed by atoms with E-state index in [0.29, 0.717) is 13.0 Å². The van der Waals surface area contributed by atoms with Gasteiger partial charge in [-0.15, -0.1) is 0 Å². The minimum absolute atomic E-state index is 0.0170. The van der Waals surface area contributed by atoms with Crippen LogP contribution < -0.4 is 0 Å². The third-order valence-electron chi connectivity index (χ3n) is 4.69. The summed E-state index contributed by atoms with van der Waals surface area (Å²) >= 11 is 0. The number of benzene rings is 2. The number of nitrogens with zero attached hydrogens (tertiary/aromatic N) is 1. The van der Waals surface area contributed by atoms with Gasteiger partial charge in [0.15, 0.2) is 0 Å². The average Bonchev–Trinajstić information content (AvgIpc) is 2.61. The van der Waals surface area contributed by atoms with E-state index in [2.05, 4.69) is 6.92 Å². The van der Waals surface area contributed by atoms with Crippen molar-refractivity contribution in [3.63, 3.8) is 0 Å². The van der Waals surface area contributed by atoms with Crippen LogP contribution in [0.1, 0.15) is 35.1 Å². The molecule has 3 rings (SSSR count). The lowest BCUT2D eigenvalue weighted by atomic mass is 9.89. The number of hydrogen-bond acceptors (Lipinski definition) is 2. The molecule has 1 unspecified atom stereocenters. The van der Waals surface area contributed by atoms with E-state index in [4.69, 9.17) is 0 Å². The molecule has 0 saturated heterocycles. The van der Waals surface area contributed by atoms with Crippen LogP contribution in [0.5, 0.6) is 0 Å². The van der Waals surface area contributed by atoms with Gasteiger partial charge in [-0.1, -0.05) is 55.5 Å². The summed E-state index contributed by atoms with van der Waals surface area (Å²) in [5.41, 5.74) is 3.94. The molecule has 4 nitrogen and oxygen atoms in total. The Balaban J connectivity index is 1.83. The number of amides is 1. The molecule has 1 N–H and O–H groups in total. The predicted molar refractivity (Wildman–Crippen MR) is 91.8 cm³/mol. The fourth-order valence-corrected chi connectivity index (χ4v) is 3.36. The predicted octanol–water partition coefficient (Wildman–Crippen LogP) is 3.00. The lowest BCUT2D eigenvalue weighted by molar-refractivity contribution is -0.141. The average molecular weight is 323 g/mol. The maximum absolute atomic E-state index is 12.7. The molecule has 0 saturated carbocycles. The first-order valence-corrected chi connectivity index (χ1v) is 8.25. The quantitative estimate of drug-likeness (QED) is 0.941. The molecule has 24 heavy (non-hydrogen) atoms. The number of carboxylic acid groups (broad SMARTS) is 1. The highest BCUT2D eigenvalue weighted by atomic mass is 16.4.